The number of carbonyl (C=O) groups excluding carboxylic acids is 1. The van der Waals surface area contributed by atoms with Gasteiger partial charge >= 0.3 is 0 Å². The van der Waals surface area contributed by atoms with Crippen molar-refractivity contribution in [2.24, 2.45) is 5.92 Å². The van der Waals surface area contributed by atoms with Gasteiger partial charge in [0.2, 0.25) is 0 Å². The van der Waals surface area contributed by atoms with Gasteiger partial charge in [-0.15, -0.1) is 0 Å². The predicted molar refractivity (Wildman–Crippen MR) is 88.0 cm³/mol. The second kappa shape index (κ2) is 7.11. The Hall–Kier alpha value is -2.24. The maximum atomic E-state index is 12.5. The van der Waals surface area contributed by atoms with Crippen molar-refractivity contribution in [1.82, 2.24) is 10.2 Å². The number of benzene rings is 1. The Kier molecular flexibility index (Phi) is 4.92. The van der Waals surface area contributed by atoms with Crippen LogP contribution in [0.15, 0.2) is 41.6 Å². The number of rotatable bonds is 6. The van der Waals surface area contributed by atoms with E-state index in [1.54, 1.807) is 0 Å². The molecule has 2 aliphatic rings. The molecule has 6 heteroatoms. The summed E-state index contributed by atoms with van der Waals surface area (Å²) in [4.78, 5) is 13.3. The number of hydrogen-bond acceptors (Lipinski definition) is 3. The first kappa shape index (κ1) is 16.6. The molecular weight excluding hydrogens is 312 g/mol. The third kappa shape index (κ3) is 3.80. The first-order chi connectivity index (χ1) is 11.6. The van der Waals surface area contributed by atoms with Crippen molar-refractivity contribution < 1.29 is 13.6 Å². The van der Waals surface area contributed by atoms with Crippen LogP contribution in [0, 0.1) is 11.3 Å². The summed E-state index contributed by atoms with van der Waals surface area (Å²) in [5.41, 5.74) is 2.64. The van der Waals surface area contributed by atoms with Gasteiger partial charge in [-0.3, -0.25) is 10.2 Å². The summed E-state index contributed by atoms with van der Waals surface area (Å²) in [5.74, 6) is -0.227. The molecule has 0 bridgehead atoms. The van der Waals surface area contributed by atoms with Gasteiger partial charge in [0, 0.05) is 24.4 Å². The Morgan fingerprint density at radius 2 is 2.00 bits per heavy atom. The molecule has 0 unspecified atom stereocenters. The monoisotopic (exact) mass is 333 g/mol. The van der Waals surface area contributed by atoms with Gasteiger partial charge in [0.15, 0.2) is 0 Å². The van der Waals surface area contributed by atoms with E-state index in [1.165, 1.54) is 0 Å². The lowest BCUT2D eigenvalue weighted by Gasteiger charge is -2.30. The Bertz CT molecular complexity index is 653. The van der Waals surface area contributed by atoms with Crippen LogP contribution in [0.4, 0.5) is 8.78 Å². The minimum absolute atomic E-state index is 0.135. The van der Waals surface area contributed by atoms with E-state index in [-0.39, 0.29) is 12.3 Å². The van der Waals surface area contributed by atoms with Crippen LogP contribution in [0.5, 0.6) is 0 Å². The number of nitrogens with zero attached hydrogens (tertiary/aromatic N) is 1. The number of alkyl halides is 2. The summed E-state index contributed by atoms with van der Waals surface area (Å²) in [6, 6.07) is 9.93. The van der Waals surface area contributed by atoms with Gasteiger partial charge < -0.3 is 10.2 Å². The van der Waals surface area contributed by atoms with Crippen LogP contribution in [0.3, 0.4) is 0 Å². The van der Waals surface area contributed by atoms with Crippen LogP contribution < -0.4 is 5.32 Å². The molecule has 1 aromatic carbocycles. The van der Waals surface area contributed by atoms with Gasteiger partial charge in [-0.05, 0) is 30.7 Å². The smallest absolute Gasteiger partial charge is 0.272 e. The zero-order valence-corrected chi connectivity index (χ0v) is 13.4. The number of allylic oxidation sites excluding steroid dienone is 1. The highest BCUT2D eigenvalue weighted by Crippen LogP contribution is 2.38. The third-order valence-electron chi connectivity index (χ3n) is 4.43. The summed E-state index contributed by atoms with van der Waals surface area (Å²) in [6.45, 7) is 0.299. The molecule has 4 nitrogen and oxygen atoms in total. The Balaban J connectivity index is 1.74. The van der Waals surface area contributed by atoms with E-state index in [4.69, 9.17) is 5.41 Å². The largest absolute Gasteiger partial charge is 0.384 e. The molecule has 1 aliphatic heterocycles. The molecule has 0 spiro atoms. The second-order valence-electron chi connectivity index (χ2n) is 6.27. The van der Waals surface area contributed by atoms with Gasteiger partial charge in [-0.2, -0.15) is 0 Å². The van der Waals surface area contributed by atoms with Gasteiger partial charge in [-0.25, -0.2) is 8.78 Å². The van der Waals surface area contributed by atoms with Gasteiger partial charge in [-0.1, -0.05) is 30.3 Å². The van der Waals surface area contributed by atoms with E-state index in [0.29, 0.717) is 24.5 Å². The predicted octanol–water partition coefficient (Wildman–Crippen LogP) is 2.96. The van der Waals surface area contributed by atoms with Crippen molar-refractivity contribution in [2.45, 2.75) is 32.2 Å². The Morgan fingerprint density at radius 1 is 1.29 bits per heavy atom. The van der Waals surface area contributed by atoms with Crippen LogP contribution in [0.2, 0.25) is 0 Å². The van der Waals surface area contributed by atoms with Crippen LogP contribution in [0.25, 0.3) is 0 Å². The molecule has 1 amide bonds. The summed E-state index contributed by atoms with van der Waals surface area (Å²) >= 11 is 0. The van der Waals surface area contributed by atoms with Crippen molar-refractivity contribution in [3.8, 4) is 0 Å². The Labute approximate surface area is 140 Å². The van der Waals surface area contributed by atoms with E-state index in [0.717, 1.165) is 29.0 Å². The molecular formula is C18H21F2N3O. The highest BCUT2D eigenvalue weighted by Gasteiger charge is 2.35. The molecule has 1 heterocycles. The molecule has 1 saturated heterocycles. The molecule has 0 atom stereocenters. The molecule has 3 rings (SSSR count). The molecule has 24 heavy (non-hydrogen) atoms. The fourth-order valence-electron chi connectivity index (χ4n) is 3.03. The molecule has 0 radical (unpaired) electrons. The minimum Gasteiger partial charge on any atom is -0.384 e. The van der Waals surface area contributed by atoms with Crippen molar-refractivity contribution in [2.75, 3.05) is 13.1 Å². The van der Waals surface area contributed by atoms with E-state index >= 15 is 0 Å². The van der Waals surface area contributed by atoms with Crippen molar-refractivity contribution in [3.05, 3.63) is 47.2 Å². The van der Waals surface area contributed by atoms with Crippen molar-refractivity contribution in [1.29, 1.82) is 5.41 Å². The summed E-state index contributed by atoms with van der Waals surface area (Å²) in [7, 11) is 0. The van der Waals surface area contributed by atoms with E-state index in [9.17, 15) is 13.6 Å². The number of nitrogens with one attached hydrogen (secondary N) is 2. The van der Waals surface area contributed by atoms with Crippen LogP contribution in [-0.4, -0.2) is 36.0 Å². The molecule has 1 saturated carbocycles. The molecule has 128 valence electrons. The molecule has 1 aliphatic carbocycles. The standard InChI is InChI=1S/C18H21F2N3O/c19-15(20)11-23-9-8-14(16(21)18(23)24)17(13-6-7-13)22-10-12-4-2-1-3-5-12/h1-5,13,15,21-22H,6-11H2/b17-14-,21-16?. The lowest BCUT2D eigenvalue weighted by atomic mass is 9.96. The van der Waals surface area contributed by atoms with E-state index in [2.05, 4.69) is 5.32 Å². The molecule has 1 aromatic rings. The third-order valence-corrected chi connectivity index (χ3v) is 4.43. The zero-order chi connectivity index (χ0) is 17.1. The number of likely N-dealkylation sites (tertiary alicyclic amines) is 1. The SMILES string of the molecule is N=C1C(=O)N(CC(F)F)CC/C1=C(/NCc1ccccc1)C1CC1. The normalized spacial score (nSPS) is 20.5. The number of piperidine rings is 1. The van der Waals surface area contributed by atoms with Crippen molar-refractivity contribution in [3.63, 3.8) is 0 Å². The summed E-state index contributed by atoms with van der Waals surface area (Å²) in [6.07, 6.45) is -0.0113. The van der Waals surface area contributed by atoms with E-state index < -0.39 is 18.9 Å². The second-order valence-corrected chi connectivity index (χ2v) is 6.27. The molecule has 2 fully saturated rings. The van der Waals surface area contributed by atoms with Crippen molar-refractivity contribution >= 4 is 11.6 Å². The minimum atomic E-state index is -2.56. The quantitative estimate of drug-likeness (QED) is 0.841. The maximum Gasteiger partial charge on any atom is 0.272 e. The van der Waals surface area contributed by atoms with Crippen LogP contribution >= 0.6 is 0 Å². The van der Waals surface area contributed by atoms with Gasteiger partial charge in [0.1, 0.15) is 5.71 Å². The highest BCUT2D eigenvalue weighted by atomic mass is 19.3. The van der Waals surface area contributed by atoms with Crippen LogP contribution in [-0.2, 0) is 11.3 Å². The number of carbonyl (C=O) groups is 1. The zero-order valence-electron chi connectivity index (χ0n) is 13.4. The van der Waals surface area contributed by atoms with Gasteiger partial charge in [0.05, 0.1) is 6.54 Å². The topological polar surface area (TPSA) is 56.2 Å². The van der Waals surface area contributed by atoms with Crippen LogP contribution in [0.1, 0.15) is 24.8 Å². The van der Waals surface area contributed by atoms with E-state index in [1.807, 2.05) is 30.3 Å². The highest BCUT2D eigenvalue weighted by molar-refractivity contribution is 6.44. The fraction of sp³-hybridized carbons (Fsp3) is 0.444. The number of amides is 1. The van der Waals surface area contributed by atoms with Gasteiger partial charge in [0.25, 0.3) is 12.3 Å². The first-order valence-electron chi connectivity index (χ1n) is 8.23. The maximum absolute atomic E-state index is 12.5. The lowest BCUT2D eigenvalue weighted by Crippen LogP contribution is -2.45. The average molecular weight is 333 g/mol. The molecule has 2 N–H and O–H groups in total. The number of halogens is 2. The summed E-state index contributed by atoms with van der Waals surface area (Å²) < 4.78 is 25.1. The first-order valence-corrected chi connectivity index (χ1v) is 8.23. The lowest BCUT2D eigenvalue weighted by molar-refractivity contribution is -0.126. The number of hydrogen-bond donors (Lipinski definition) is 2. The molecule has 0 aromatic heterocycles. The Morgan fingerprint density at radius 3 is 2.62 bits per heavy atom. The average Bonchev–Trinajstić information content (AvgIpc) is 3.39. The summed E-state index contributed by atoms with van der Waals surface area (Å²) in [5, 5.41) is 11.5. The fourth-order valence-corrected chi connectivity index (χ4v) is 3.03.